The van der Waals surface area contributed by atoms with Crippen LogP contribution in [0.5, 0.6) is 0 Å². The van der Waals surface area contributed by atoms with Gasteiger partial charge in [-0.2, -0.15) is 5.10 Å². The summed E-state index contributed by atoms with van der Waals surface area (Å²) in [5.41, 5.74) is 3.07. The minimum atomic E-state index is -0.899. The standard InChI is InChI=1S/C14H17N3O2/c1-9-6-12(4-5-13(9)14(18)19)16-10(2)11-7-15-17(3)8-11/h4-8,10,16H,1-3H3,(H,18,19). The second kappa shape index (κ2) is 5.14. The van der Waals surface area contributed by atoms with E-state index in [0.29, 0.717) is 5.56 Å². The Morgan fingerprint density at radius 2 is 2.21 bits per heavy atom. The number of hydrogen-bond acceptors (Lipinski definition) is 3. The monoisotopic (exact) mass is 259 g/mol. The van der Waals surface area contributed by atoms with Crippen molar-refractivity contribution in [1.29, 1.82) is 0 Å². The molecule has 1 heterocycles. The van der Waals surface area contributed by atoms with E-state index in [1.165, 1.54) is 0 Å². The Morgan fingerprint density at radius 3 is 2.74 bits per heavy atom. The molecule has 0 amide bonds. The van der Waals surface area contributed by atoms with Gasteiger partial charge in [0.25, 0.3) is 0 Å². The maximum absolute atomic E-state index is 10.9. The molecule has 0 bridgehead atoms. The molecule has 1 aromatic carbocycles. The van der Waals surface area contributed by atoms with Crippen molar-refractivity contribution < 1.29 is 9.90 Å². The quantitative estimate of drug-likeness (QED) is 0.885. The van der Waals surface area contributed by atoms with Crippen LogP contribution in [0.4, 0.5) is 5.69 Å². The number of aromatic carboxylic acids is 1. The molecule has 0 radical (unpaired) electrons. The number of nitrogens with one attached hydrogen (secondary N) is 1. The molecule has 1 unspecified atom stereocenters. The third-order valence-corrected chi connectivity index (χ3v) is 3.06. The third kappa shape index (κ3) is 2.93. The van der Waals surface area contributed by atoms with E-state index >= 15 is 0 Å². The van der Waals surface area contributed by atoms with Gasteiger partial charge >= 0.3 is 5.97 Å². The minimum Gasteiger partial charge on any atom is -0.478 e. The number of aromatic nitrogens is 2. The summed E-state index contributed by atoms with van der Waals surface area (Å²) in [7, 11) is 1.88. The number of rotatable bonds is 4. The van der Waals surface area contributed by atoms with Gasteiger partial charge in [0.1, 0.15) is 0 Å². The lowest BCUT2D eigenvalue weighted by Crippen LogP contribution is -2.07. The van der Waals surface area contributed by atoms with E-state index in [4.69, 9.17) is 5.11 Å². The van der Waals surface area contributed by atoms with Crippen molar-refractivity contribution in [1.82, 2.24) is 9.78 Å². The highest BCUT2D eigenvalue weighted by Crippen LogP contribution is 2.21. The number of hydrogen-bond donors (Lipinski definition) is 2. The number of carboxylic acids is 1. The predicted octanol–water partition coefficient (Wildman–Crippen LogP) is 2.60. The molecule has 0 fully saturated rings. The van der Waals surface area contributed by atoms with E-state index in [2.05, 4.69) is 10.4 Å². The Morgan fingerprint density at radius 1 is 1.47 bits per heavy atom. The zero-order valence-electron chi connectivity index (χ0n) is 11.2. The average molecular weight is 259 g/mol. The molecule has 2 aromatic rings. The highest BCUT2D eigenvalue weighted by atomic mass is 16.4. The van der Waals surface area contributed by atoms with Gasteiger partial charge in [-0.3, -0.25) is 4.68 Å². The molecule has 0 saturated heterocycles. The first kappa shape index (κ1) is 13.1. The summed E-state index contributed by atoms with van der Waals surface area (Å²) in [6.07, 6.45) is 3.77. The van der Waals surface area contributed by atoms with Gasteiger partial charge in [-0.1, -0.05) is 0 Å². The number of carboxylic acid groups (broad SMARTS) is 1. The number of carbonyl (C=O) groups is 1. The fourth-order valence-corrected chi connectivity index (χ4v) is 1.99. The summed E-state index contributed by atoms with van der Waals surface area (Å²) in [6.45, 7) is 3.83. The number of nitrogens with zero attached hydrogens (tertiary/aromatic N) is 2. The van der Waals surface area contributed by atoms with Gasteiger partial charge in [0.05, 0.1) is 17.8 Å². The van der Waals surface area contributed by atoms with Crippen molar-refractivity contribution in [2.24, 2.45) is 7.05 Å². The van der Waals surface area contributed by atoms with Crippen LogP contribution in [0.1, 0.15) is 34.5 Å². The summed E-state index contributed by atoms with van der Waals surface area (Å²) >= 11 is 0. The molecule has 2 N–H and O–H groups in total. The third-order valence-electron chi connectivity index (χ3n) is 3.06. The summed E-state index contributed by atoms with van der Waals surface area (Å²) in [5, 5.41) is 16.5. The zero-order chi connectivity index (χ0) is 14.0. The molecule has 100 valence electrons. The van der Waals surface area contributed by atoms with Crippen LogP contribution in [0, 0.1) is 6.92 Å². The maximum Gasteiger partial charge on any atom is 0.335 e. The molecule has 0 aliphatic rings. The second-order valence-electron chi connectivity index (χ2n) is 4.65. The first-order valence-corrected chi connectivity index (χ1v) is 6.06. The van der Waals surface area contributed by atoms with E-state index in [-0.39, 0.29) is 6.04 Å². The van der Waals surface area contributed by atoms with Crippen LogP contribution >= 0.6 is 0 Å². The highest BCUT2D eigenvalue weighted by Gasteiger charge is 2.10. The van der Waals surface area contributed by atoms with Crippen LogP contribution < -0.4 is 5.32 Å². The van der Waals surface area contributed by atoms with Crippen molar-refractivity contribution >= 4 is 11.7 Å². The predicted molar refractivity (Wildman–Crippen MR) is 73.4 cm³/mol. The lowest BCUT2D eigenvalue weighted by Gasteiger charge is -2.14. The smallest absolute Gasteiger partial charge is 0.335 e. The number of anilines is 1. The van der Waals surface area contributed by atoms with Gasteiger partial charge in [0, 0.05) is 24.5 Å². The van der Waals surface area contributed by atoms with Crippen LogP contribution in [-0.2, 0) is 7.05 Å². The highest BCUT2D eigenvalue weighted by molar-refractivity contribution is 5.89. The normalized spacial score (nSPS) is 12.2. The van der Waals surface area contributed by atoms with Crippen molar-refractivity contribution in [3.8, 4) is 0 Å². The lowest BCUT2D eigenvalue weighted by molar-refractivity contribution is 0.0696. The first-order valence-electron chi connectivity index (χ1n) is 6.06. The molecule has 0 aliphatic heterocycles. The molecular formula is C14H17N3O2. The second-order valence-corrected chi connectivity index (χ2v) is 4.65. The maximum atomic E-state index is 10.9. The van der Waals surface area contributed by atoms with Gasteiger partial charge in [-0.05, 0) is 37.6 Å². The Kier molecular flexibility index (Phi) is 3.55. The topological polar surface area (TPSA) is 67.2 Å². The van der Waals surface area contributed by atoms with Crippen molar-refractivity contribution in [3.05, 3.63) is 47.3 Å². The van der Waals surface area contributed by atoms with Crippen molar-refractivity contribution in [2.75, 3.05) is 5.32 Å². The zero-order valence-corrected chi connectivity index (χ0v) is 11.2. The minimum absolute atomic E-state index is 0.115. The van der Waals surface area contributed by atoms with Crippen molar-refractivity contribution in [3.63, 3.8) is 0 Å². The van der Waals surface area contributed by atoms with Crippen LogP contribution in [-0.4, -0.2) is 20.9 Å². The van der Waals surface area contributed by atoms with Crippen LogP contribution in [0.25, 0.3) is 0 Å². The molecule has 5 heteroatoms. The Bertz CT molecular complexity index is 604. The Hall–Kier alpha value is -2.30. The van der Waals surface area contributed by atoms with Crippen molar-refractivity contribution in [2.45, 2.75) is 19.9 Å². The summed E-state index contributed by atoms with van der Waals surface area (Å²) in [4.78, 5) is 10.9. The molecular weight excluding hydrogens is 242 g/mol. The molecule has 0 aliphatic carbocycles. The van der Waals surface area contributed by atoms with Gasteiger partial charge in [-0.15, -0.1) is 0 Å². The molecule has 5 nitrogen and oxygen atoms in total. The lowest BCUT2D eigenvalue weighted by atomic mass is 10.1. The van der Waals surface area contributed by atoms with Gasteiger partial charge in [-0.25, -0.2) is 4.79 Å². The Labute approximate surface area is 111 Å². The van der Waals surface area contributed by atoms with E-state index in [0.717, 1.165) is 16.8 Å². The van der Waals surface area contributed by atoms with E-state index in [1.54, 1.807) is 23.7 Å². The molecule has 19 heavy (non-hydrogen) atoms. The average Bonchev–Trinajstić information content (AvgIpc) is 2.75. The summed E-state index contributed by atoms with van der Waals surface area (Å²) in [5.74, 6) is -0.899. The molecule has 1 atom stereocenters. The van der Waals surface area contributed by atoms with Gasteiger partial charge in [0.2, 0.25) is 0 Å². The Balaban J connectivity index is 2.15. The molecule has 2 rings (SSSR count). The van der Waals surface area contributed by atoms with E-state index in [9.17, 15) is 4.79 Å². The number of benzene rings is 1. The fraction of sp³-hybridized carbons (Fsp3) is 0.286. The van der Waals surface area contributed by atoms with Crippen LogP contribution in [0.15, 0.2) is 30.6 Å². The SMILES string of the molecule is Cc1cc(NC(C)c2cnn(C)c2)ccc1C(=O)O. The molecule has 0 spiro atoms. The molecule has 0 saturated carbocycles. The van der Waals surface area contributed by atoms with Crippen LogP contribution in [0.3, 0.4) is 0 Å². The van der Waals surface area contributed by atoms with Gasteiger partial charge < -0.3 is 10.4 Å². The fourth-order valence-electron chi connectivity index (χ4n) is 1.99. The first-order chi connectivity index (χ1) is 8.97. The van der Waals surface area contributed by atoms with Gasteiger partial charge in [0.15, 0.2) is 0 Å². The summed E-state index contributed by atoms with van der Waals surface area (Å²) in [6, 6.07) is 5.36. The van der Waals surface area contributed by atoms with E-state index < -0.39 is 5.97 Å². The van der Waals surface area contributed by atoms with E-state index in [1.807, 2.05) is 32.4 Å². The van der Waals surface area contributed by atoms with Crippen LogP contribution in [0.2, 0.25) is 0 Å². The molecule has 1 aromatic heterocycles. The summed E-state index contributed by atoms with van der Waals surface area (Å²) < 4.78 is 1.76. The largest absolute Gasteiger partial charge is 0.478 e. The number of aryl methyl sites for hydroxylation is 2.